The van der Waals surface area contributed by atoms with Gasteiger partial charge >= 0.3 is 0 Å². The van der Waals surface area contributed by atoms with Crippen LogP contribution in [-0.4, -0.2) is 53.0 Å². The number of rotatable bonds is 7. The molecule has 0 radical (unpaired) electrons. The molecule has 1 spiro atoms. The van der Waals surface area contributed by atoms with Gasteiger partial charge in [0, 0.05) is 19.1 Å². The summed E-state index contributed by atoms with van der Waals surface area (Å²) in [4.78, 5) is 41.6. The molecular formula is C25H29N3O4. The minimum absolute atomic E-state index is 0.131. The van der Waals surface area contributed by atoms with Crippen molar-refractivity contribution < 1.29 is 19.1 Å². The summed E-state index contributed by atoms with van der Waals surface area (Å²) in [6.07, 6.45) is 8.88. The predicted octanol–water partition coefficient (Wildman–Crippen LogP) is 1.70. The van der Waals surface area contributed by atoms with Crippen LogP contribution in [0.3, 0.4) is 0 Å². The van der Waals surface area contributed by atoms with Crippen molar-refractivity contribution in [2.24, 2.45) is 11.8 Å². The van der Waals surface area contributed by atoms with Gasteiger partial charge in [0.05, 0.1) is 17.9 Å². The van der Waals surface area contributed by atoms with Gasteiger partial charge < -0.3 is 20.3 Å². The highest BCUT2D eigenvalue weighted by Crippen LogP contribution is 2.55. The van der Waals surface area contributed by atoms with Gasteiger partial charge in [0.2, 0.25) is 17.7 Å². The Labute approximate surface area is 187 Å². The Morgan fingerprint density at radius 3 is 2.66 bits per heavy atom. The number of amides is 3. The highest BCUT2D eigenvalue weighted by atomic mass is 16.5. The van der Waals surface area contributed by atoms with Gasteiger partial charge in [0.25, 0.3) is 0 Å². The number of fused-ring (bicyclic) bond motifs is 1. The van der Waals surface area contributed by atoms with Gasteiger partial charge in [0.15, 0.2) is 0 Å². The summed E-state index contributed by atoms with van der Waals surface area (Å²) in [7, 11) is 0. The Bertz CT molecular complexity index is 955. The minimum atomic E-state index is -1.11. The van der Waals surface area contributed by atoms with E-state index in [4.69, 9.17) is 4.74 Å². The molecule has 1 aromatic carbocycles. The van der Waals surface area contributed by atoms with Crippen LogP contribution in [-0.2, 0) is 25.7 Å². The molecule has 2 bridgehead atoms. The van der Waals surface area contributed by atoms with Crippen LogP contribution in [0.1, 0.15) is 31.2 Å². The first-order valence-electron chi connectivity index (χ1n) is 11.5. The molecule has 1 aromatic rings. The number of nitrogens with one attached hydrogen (secondary N) is 2. The summed E-state index contributed by atoms with van der Waals surface area (Å²) in [6, 6.07) is 8.97. The molecule has 3 fully saturated rings. The number of benzene rings is 1. The van der Waals surface area contributed by atoms with Gasteiger partial charge in [0.1, 0.15) is 11.6 Å². The summed E-state index contributed by atoms with van der Waals surface area (Å²) in [6.45, 7) is 4.38. The molecule has 3 amide bonds. The molecule has 7 nitrogen and oxygen atoms in total. The number of ether oxygens (including phenoxy) is 1. The number of likely N-dealkylation sites (tertiary alicyclic amines) is 1. The van der Waals surface area contributed by atoms with Crippen LogP contribution in [0.5, 0.6) is 0 Å². The number of carbonyl (C=O) groups is 3. The second-order valence-corrected chi connectivity index (χ2v) is 9.17. The number of hydrogen-bond acceptors (Lipinski definition) is 4. The van der Waals surface area contributed by atoms with Crippen LogP contribution in [0.4, 0.5) is 0 Å². The highest BCUT2D eigenvalue weighted by molar-refractivity contribution is 6.00. The monoisotopic (exact) mass is 435 g/mol. The average Bonchev–Trinajstić information content (AvgIpc) is 3.56. The molecule has 2 N–H and O–H groups in total. The number of hydrogen-bond donors (Lipinski definition) is 2. The Hall–Kier alpha value is -2.93. The second kappa shape index (κ2) is 8.20. The van der Waals surface area contributed by atoms with Crippen molar-refractivity contribution >= 4 is 17.7 Å². The first-order chi connectivity index (χ1) is 15.5. The van der Waals surface area contributed by atoms with Gasteiger partial charge in [-0.1, -0.05) is 61.4 Å². The zero-order valence-electron chi connectivity index (χ0n) is 18.0. The van der Waals surface area contributed by atoms with Crippen molar-refractivity contribution in [2.45, 2.75) is 56.0 Å². The molecule has 1 saturated carbocycles. The Balaban J connectivity index is 1.39. The van der Waals surface area contributed by atoms with Crippen molar-refractivity contribution in [3.05, 3.63) is 60.7 Å². The molecule has 0 aromatic heterocycles. The largest absolute Gasteiger partial charge is 0.359 e. The van der Waals surface area contributed by atoms with Crippen LogP contribution < -0.4 is 10.6 Å². The summed E-state index contributed by atoms with van der Waals surface area (Å²) < 4.78 is 6.29. The van der Waals surface area contributed by atoms with Crippen molar-refractivity contribution in [1.82, 2.24) is 15.5 Å². The van der Waals surface area contributed by atoms with Crippen molar-refractivity contribution in [1.29, 1.82) is 0 Å². The molecule has 32 heavy (non-hydrogen) atoms. The van der Waals surface area contributed by atoms with E-state index in [-0.39, 0.29) is 30.3 Å². The number of carbonyl (C=O) groups excluding carboxylic acids is 3. The third kappa shape index (κ3) is 3.26. The fourth-order valence-corrected chi connectivity index (χ4v) is 5.86. The lowest BCUT2D eigenvalue weighted by Crippen LogP contribution is -2.56. The van der Waals surface area contributed by atoms with Crippen LogP contribution in [0.25, 0.3) is 0 Å². The first kappa shape index (κ1) is 20.9. The third-order valence-corrected chi connectivity index (χ3v) is 7.26. The van der Waals surface area contributed by atoms with Crippen molar-refractivity contribution in [2.75, 3.05) is 6.54 Å². The second-order valence-electron chi connectivity index (χ2n) is 9.17. The average molecular weight is 436 g/mol. The minimum Gasteiger partial charge on any atom is -0.359 e. The molecule has 1 aliphatic carbocycles. The molecule has 5 rings (SSSR count). The molecular weight excluding hydrogens is 406 g/mol. The molecule has 4 aliphatic rings. The quantitative estimate of drug-likeness (QED) is 0.638. The summed E-state index contributed by atoms with van der Waals surface area (Å²) in [5.41, 5.74) is -0.127. The zero-order chi connectivity index (χ0) is 22.3. The standard InChI is InChI=1S/C25H29N3O4/c1-2-14-28-21(23(30)27-17-10-6-7-11-17)25-13-12-18(32-25)19(20(25)24(28)31)22(29)26-15-16-8-4-3-5-9-16/h2-5,8-9,12-13,17-21H,1,6-7,10-11,14-15H2,(H,26,29)(H,27,30)/t18-,19-,20+,21-,25+/m1/s1. The van der Waals surface area contributed by atoms with E-state index >= 15 is 0 Å². The van der Waals surface area contributed by atoms with E-state index in [1.807, 2.05) is 42.5 Å². The lowest BCUT2D eigenvalue weighted by atomic mass is 9.74. The Morgan fingerprint density at radius 2 is 1.94 bits per heavy atom. The van der Waals surface area contributed by atoms with E-state index < -0.39 is 29.6 Å². The lowest BCUT2D eigenvalue weighted by molar-refractivity contribution is -0.141. The molecule has 2 saturated heterocycles. The highest BCUT2D eigenvalue weighted by Gasteiger charge is 2.72. The van der Waals surface area contributed by atoms with E-state index in [2.05, 4.69) is 17.2 Å². The van der Waals surface area contributed by atoms with E-state index in [0.717, 1.165) is 31.2 Å². The number of nitrogens with zero attached hydrogens (tertiary/aromatic N) is 1. The summed E-state index contributed by atoms with van der Waals surface area (Å²) >= 11 is 0. The fourth-order valence-electron chi connectivity index (χ4n) is 5.86. The SMILES string of the molecule is C=CCN1C(=O)[C@@H]2[C@H](C(=O)NCc3ccccc3)[C@H]3C=C[C@@]2(O3)[C@H]1C(=O)NC1CCCC1. The van der Waals surface area contributed by atoms with E-state index in [0.29, 0.717) is 6.54 Å². The van der Waals surface area contributed by atoms with Gasteiger partial charge in [-0.3, -0.25) is 14.4 Å². The van der Waals surface area contributed by atoms with E-state index in [9.17, 15) is 14.4 Å². The third-order valence-electron chi connectivity index (χ3n) is 7.26. The van der Waals surface area contributed by atoms with Crippen LogP contribution in [0.15, 0.2) is 55.1 Å². The van der Waals surface area contributed by atoms with Crippen LogP contribution >= 0.6 is 0 Å². The smallest absolute Gasteiger partial charge is 0.246 e. The topological polar surface area (TPSA) is 87.7 Å². The normalized spacial score (nSPS) is 32.9. The lowest BCUT2D eigenvalue weighted by Gasteiger charge is -2.32. The maximum Gasteiger partial charge on any atom is 0.246 e. The van der Waals surface area contributed by atoms with Gasteiger partial charge in [-0.2, -0.15) is 0 Å². The summed E-state index contributed by atoms with van der Waals surface area (Å²) in [5.74, 6) is -2.02. The first-order valence-corrected chi connectivity index (χ1v) is 11.5. The van der Waals surface area contributed by atoms with Crippen molar-refractivity contribution in [3.8, 4) is 0 Å². The van der Waals surface area contributed by atoms with E-state index in [1.54, 1.807) is 6.08 Å². The molecule has 3 heterocycles. The van der Waals surface area contributed by atoms with Gasteiger partial charge in [-0.05, 0) is 18.4 Å². The zero-order valence-corrected chi connectivity index (χ0v) is 18.0. The molecule has 5 atom stereocenters. The molecule has 7 heteroatoms. The van der Waals surface area contributed by atoms with Gasteiger partial charge in [-0.15, -0.1) is 6.58 Å². The maximum atomic E-state index is 13.5. The predicted molar refractivity (Wildman–Crippen MR) is 118 cm³/mol. The van der Waals surface area contributed by atoms with Crippen molar-refractivity contribution in [3.63, 3.8) is 0 Å². The summed E-state index contributed by atoms with van der Waals surface area (Å²) in [5, 5.41) is 6.09. The maximum absolute atomic E-state index is 13.5. The van der Waals surface area contributed by atoms with Crippen LogP contribution in [0, 0.1) is 11.8 Å². The molecule has 3 aliphatic heterocycles. The van der Waals surface area contributed by atoms with Crippen LogP contribution in [0.2, 0.25) is 0 Å². The fraction of sp³-hybridized carbons (Fsp3) is 0.480. The molecule has 0 unspecified atom stereocenters. The Morgan fingerprint density at radius 1 is 1.19 bits per heavy atom. The van der Waals surface area contributed by atoms with Gasteiger partial charge in [-0.25, -0.2) is 0 Å². The van der Waals surface area contributed by atoms with E-state index in [1.165, 1.54) is 4.90 Å². The molecule has 168 valence electrons. The Kier molecular flexibility index (Phi) is 5.37.